The number of likely N-dealkylation sites (tertiary alicyclic amines) is 1. The molecule has 3 nitrogen and oxygen atoms in total. The standard InChI is InChI=1S/C18H28N2O/c1-2-19(16-17-10-6-5-7-11-17)15-12-18(21)20-13-8-3-4-9-14-20/h5-7,10-11H,2-4,8-9,12-16H2,1H3. The second-order valence-electron chi connectivity index (χ2n) is 5.90. The van der Waals surface area contributed by atoms with Crippen molar-refractivity contribution in [1.82, 2.24) is 9.80 Å². The summed E-state index contributed by atoms with van der Waals surface area (Å²) in [5.74, 6) is 0.336. The van der Waals surface area contributed by atoms with Crippen LogP contribution < -0.4 is 0 Å². The van der Waals surface area contributed by atoms with Gasteiger partial charge < -0.3 is 4.90 Å². The van der Waals surface area contributed by atoms with Crippen LogP contribution in [-0.4, -0.2) is 41.9 Å². The first-order chi connectivity index (χ1) is 10.3. The summed E-state index contributed by atoms with van der Waals surface area (Å²) < 4.78 is 0. The first-order valence-corrected chi connectivity index (χ1v) is 8.33. The largest absolute Gasteiger partial charge is 0.343 e. The van der Waals surface area contributed by atoms with E-state index < -0.39 is 0 Å². The molecule has 1 aromatic rings. The fraction of sp³-hybridized carbons (Fsp3) is 0.611. The molecule has 2 rings (SSSR count). The number of carbonyl (C=O) groups excluding carboxylic acids is 1. The molecule has 3 heteroatoms. The van der Waals surface area contributed by atoms with Gasteiger partial charge in [-0.1, -0.05) is 50.1 Å². The monoisotopic (exact) mass is 288 g/mol. The van der Waals surface area contributed by atoms with Gasteiger partial charge in [-0.2, -0.15) is 0 Å². The van der Waals surface area contributed by atoms with Gasteiger partial charge in [-0.15, -0.1) is 0 Å². The Morgan fingerprint density at radius 1 is 1.10 bits per heavy atom. The van der Waals surface area contributed by atoms with Gasteiger partial charge in [-0.05, 0) is 24.9 Å². The van der Waals surface area contributed by atoms with E-state index >= 15 is 0 Å². The van der Waals surface area contributed by atoms with E-state index in [0.717, 1.165) is 32.7 Å². The fourth-order valence-electron chi connectivity index (χ4n) is 2.92. The quantitative estimate of drug-likeness (QED) is 0.802. The van der Waals surface area contributed by atoms with Gasteiger partial charge in [0.25, 0.3) is 0 Å². The van der Waals surface area contributed by atoms with Crippen LogP contribution >= 0.6 is 0 Å². The van der Waals surface area contributed by atoms with Crippen LogP contribution in [-0.2, 0) is 11.3 Å². The van der Waals surface area contributed by atoms with Crippen LogP contribution in [0.2, 0.25) is 0 Å². The van der Waals surface area contributed by atoms with E-state index in [2.05, 4.69) is 41.0 Å². The minimum Gasteiger partial charge on any atom is -0.343 e. The maximum atomic E-state index is 12.3. The van der Waals surface area contributed by atoms with E-state index in [4.69, 9.17) is 0 Å². The van der Waals surface area contributed by atoms with Crippen LogP contribution in [0, 0.1) is 0 Å². The number of rotatable bonds is 6. The van der Waals surface area contributed by atoms with Gasteiger partial charge in [0.05, 0.1) is 0 Å². The highest BCUT2D eigenvalue weighted by atomic mass is 16.2. The number of amides is 1. The van der Waals surface area contributed by atoms with E-state index in [0.29, 0.717) is 12.3 Å². The lowest BCUT2D eigenvalue weighted by molar-refractivity contribution is -0.131. The highest BCUT2D eigenvalue weighted by Gasteiger charge is 2.16. The summed E-state index contributed by atoms with van der Waals surface area (Å²) in [6, 6.07) is 10.5. The van der Waals surface area contributed by atoms with Gasteiger partial charge in [0.1, 0.15) is 0 Å². The first kappa shape index (κ1) is 16.0. The number of hydrogen-bond acceptors (Lipinski definition) is 2. The first-order valence-electron chi connectivity index (χ1n) is 8.33. The zero-order valence-electron chi connectivity index (χ0n) is 13.3. The van der Waals surface area contributed by atoms with E-state index in [1.807, 2.05) is 6.07 Å². The van der Waals surface area contributed by atoms with Crippen LogP contribution in [0.1, 0.15) is 44.6 Å². The molecule has 0 N–H and O–H groups in total. The molecule has 1 aromatic carbocycles. The molecule has 1 aliphatic heterocycles. The number of nitrogens with zero attached hydrogens (tertiary/aromatic N) is 2. The van der Waals surface area contributed by atoms with Crippen molar-refractivity contribution in [2.45, 2.75) is 45.6 Å². The van der Waals surface area contributed by atoms with Crippen molar-refractivity contribution in [2.75, 3.05) is 26.2 Å². The molecular formula is C18H28N2O. The van der Waals surface area contributed by atoms with E-state index in [1.54, 1.807) is 0 Å². The maximum Gasteiger partial charge on any atom is 0.223 e. The summed E-state index contributed by atoms with van der Waals surface area (Å²) in [6.07, 6.45) is 5.55. The van der Waals surface area contributed by atoms with Gasteiger partial charge in [-0.25, -0.2) is 0 Å². The number of benzene rings is 1. The lowest BCUT2D eigenvalue weighted by atomic mass is 10.2. The molecule has 0 radical (unpaired) electrons. The van der Waals surface area contributed by atoms with Crippen LogP contribution in [0.15, 0.2) is 30.3 Å². The molecule has 0 saturated carbocycles. The predicted molar refractivity (Wildman–Crippen MR) is 87.1 cm³/mol. The summed E-state index contributed by atoms with van der Waals surface area (Å²) in [5, 5.41) is 0. The summed E-state index contributed by atoms with van der Waals surface area (Å²) in [6.45, 7) is 6.88. The third kappa shape index (κ3) is 5.50. The van der Waals surface area contributed by atoms with Crippen molar-refractivity contribution in [2.24, 2.45) is 0 Å². The Bertz CT molecular complexity index is 410. The van der Waals surface area contributed by atoms with Gasteiger partial charge in [-0.3, -0.25) is 9.69 Å². The minimum absolute atomic E-state index is 0.336. The van der Waals surface area contributed by atoms with Gasteiger partial charge in [0, 0.05) is 32.6 Å². The zero-order chi connectivity index (χ0) is 14.9. The average molecular weight is 288 g/mol. The van der Waals surface area contributed by atoms with E-state index in [9.17, 15) is 4.79 Å². The molecule has 116 valence electrons. The van der Waals surface area contributed by atoms with Crippen LogP contribution in [0.25, 0.3) is 0 Å². The van der Waals surface area contributed by atoms with E-state index in [-0.39, 0.29) is 0 Å². The molecule has 1 aliphatic rings. The lowest BCUT2D eigenvalue weighted by Gasteiger charge is -2.24. The van der Waals surface area contributed by atoms with Crippen molar-refractivity contribution in [3.8, 4) is 0 Å². The zero-order valence-corrected chi connectivity index (χ0v) is 13.3. The molecule has 0 aromatic heterocycles. The predicted octanol–water partition coefficient (Wildman–Crippen LogP) is 3.30. The number of hydrogen-bond donors (Lipinski definition) is 0. The summed E-state index contributed by atoms with van der Waals surface area (Å²) in [5.41, 5.74) is 1.32. The van der Waals surface area contributed by atoms with Crippen molar-refractivity contribution in [1.29, 1.82) is 0 Å². The molecule has 1 amide bonds. The summed E-state index contributed by atoms with van der Waals surface area (Å²) >= 11 is 0. The van der Waals surface area contributed by atoms with Gasteiger partial charge in [0.2, 0.25) is 5.91 Å². The van der Waals surface area contributed by atoms with Crippen LogP contribution in [0.3, 0.4) is 0 Å². The molecule has 21 heavy (non-hydrogen) atoms. The summed E-state index contributed by atoms with van der Waals surface area (Å²) in [4.78, 5) is 16.7. The maximum absolute atomic E-state index is 12.3. The third-order valence-electron chi connectivity index (χ3n) is 4.30. The molecular weight excluding hydrogens is 260 g/mol. The van der Waals surface area contributed by atoms with Gasteiger partial charge in [0.15, 0.2) is 0 Å². The molecule has 0 atom stereocenters. The topological polar surface area (TPSA) is 23.6 Å². The Hall–Kier alpha value is -1.35. The highest BCUT2D eigenvalue weighted by Crippen LogP contribution is 2.11. The molecule has 1 saturated heterocycles. The molecule has 1 fully saturated rings. The van der Waals surface area contributed by atoms with Crippen molar-refractivity contribution in [3.63, 3.8) is 0 Å². The lowest BCUT2D eigenvalue weighted by Crippen LogP contribution is -2.35. The molecule has 0 spiro atoms. The van der Waals surface area contributed by atoms with Gasteiger partial charge >= 0.3 is 0 Å². The SMILES string of the molecule is CCN(CCC(=O)N1CCCCCC1)Cc1ccccc1. The molecule has 0 unspecified atom stereocenters. The Balaban J connectivity index is 1.78. The second-order valence-corrected chi connectivity index (χ2v) is 5.90. The van der Waals surface area contributed by atoms with Crippen molar-refractivity contribution < 1.29 is 4.79 Å². The summed E-state index contributed by atoms with van der Waals surface area (Å²) in [7, 11) is 0. The minimum atomic E-state index is 0.336. The normalized spacial score (nSPS) is 16.0. The molecule has 0 aliphatic carbocycles. The van der Waals surface area contributed by atoms with Crippen molar-refractivity contribution >= 4 is 5.91 Å². The Morgan fingerprint density at radius 3 is 2.38 bits per heavy atom. The number of carbonyl (C=O) groups is 1. The van der Waals surface area contributed by atoms with Crippen LogP contribution in [0.4, 0.5) is 0 Å². The third-order valence-corrected chi connectivity index (χ3v) is 4.30. The van der Waals surface area contributed by atoms with Crippen LogP contribution in [0.5, 0.6) is 0 Å². The van der Waals surface area contributed by atoms with E-state index in [1.165, 1.54) is 31.2 Å². The average Bonchev–Trinajstić information content (AvgIpc) is 2.81. The molecule has 1 heterocycles. The Morgan fingerprint density at radius 2 is 1.76 bits per heavy atom. The molecule has 0 bridgehead atoms. The second kappa shape index (κ2) is 8.83. The Kier molecular flexibility index (Phi) is 6.74. The van der Waals surface area contributed by atoms with Crippen molar-refractivity contribution in [3.05, 3.63) is 35.9 Å². The smallest absolute Gasteiger partial charge is 0.223 e. The Labute approximate surface area is 128 Å². The highest BCUT2D eigenvalue weighted by molar-refractivity contribution is 5.76. The fourth-order valence-corrected chi connectivity index (χ4v) is 2.92.